The Balaban J connectivity index is 1.89. The van der Waals surface area contributed by atoms with Crippen molar-refractivity contribution in [3.8, 4) is 0 Å². The van der Waals surface area contributed by atoms with E-state index in [1.165, 1.54) is 6.07 Å². The Hall–Kier alpha value is -1.42. The quantitative estimate of drug-likeness (QED) is 0.796. The highest BCUT2D eigenvalue weighted by Gasteiger charge is 2.17. The summed E-state index contributed by atoms with van der Waals surface area (Å²) in [5, 5.41) is 6.05. The van der Waals surface area contributed by atoms with Gasteiger partial charge >= 0.3 is 0 Å². The smallest absolute Gasteiger partial charge is 0.224 e. The molecule has 2 rings (SSSR count). The van der Waals surface area contributed by atoms with Gasteiger partial charge in [0.2, 0.25) is 5.91 Å². The van der Waals surface area contributed by atoms with E-state index in [0.717, 1.165) is 19.5 Å². The molecular weight excluding hydrogens is 207 g/mol. The zero-order valence-electron chi connectivity index (χ0n) is 9.00. The molecule has 0 saturated carbocycles. The molecule has 1 unspecified atom stereocenters. The molecule has 1 heterocycles. The molecule has 0 bridgehead atoms. The van der Waals surface area contributed by atoms with Gasteiger partial charge in [0.25, 0.3) is 0 Å². The molecule has 1 atom stereocenters. The fraction of sp³-hybridized carbons (Fsp3) is 0.417. The van der Waals surface area contributed by atoms with Crippen LogP contribution in [0.15, 0.2) is 24.3 Å². The molecule has 0 spiro atoms. The summed E-state index contributed by atoms with van der Waals surface area (Å²) in [4.78, 5) is 11.6. The first-order valence-corrected chi connectivity index (χ1v) is 5.49. The maximum atomic E-state index is 13.3. The lowest BCUT2D eigenvalue weighted by molar-refractivity contribution is -0.121. The van der Waals surface area contributed by atoms with Crippen molar-refractivity contribution in [3.05, 3.63) is 35.6 Å². The highest BCUT2D eigenvalue weighted by atomic mass is 19.1. The highest BCUT2D eigenvalue weighted by molar-refractivity contribution is 5.78. The van der Waals surface area contributed by atoms with E-state index in [2.05, 4.69) is 10.6 Å². The van der Waals surface area contributed by atoms with Gasteiger partial charge in [-0.25, -0.2) is 4.39 Å². The Morgan fingerprint density at radius 2 is 2.31 bits per heavy atom. The summed E-state index contributed by atoms with van der Waals surface area (Å²) in [6.45, 7) is 1.74. The molecule has 1 amide bonds. The topological polar surface area (TPSA) is 41.1 Å². The Labute approximate surface area is 94.0 Å². The number of halogens is 1. The van der Waals surface area contributed by atoms with Crippen LogP contribution in [-0.4, -0.2) is 25.0 Å². The number of nitrogens with one attached hydrogen (secondary N) is 2. The van der Waals surface area contributed by atoms with Crippen LogP contribution in [0.1, 0.15) is 12.0 Å². The van der Waals surface area contributed by atoms with Crippen molar-refractivity contribution in [2.24, 2.45) is 0 Å². The lowest BCUT2D eigenvalue weighted by atomic mass is 10.1. The molecule has 0 aliphatic carbocycles. The average molecular weight is 222 g/mol. The maximum Gasteiger partial charge on any atom is 0.224 e. The summed E-state index contributed by atoms with van der Waals surface area (Å²) in [6, 6.07) is 6.57. The molecule has 0 radical (unpaired) electrons. The van der Waals surface area contributed by atoms with E-state index in [1.54, 1.807) is 18.2 Å². The van der Waals surface area contributed by atoms with Crippen LogP contribution in [0.4, 0.5) is 4.39 Å². The van der Waals surface area contributed by atoms with Gasteiger partial charge in [-0.05, 0) is 24.6 Å². The van der Waals surface area contributed by atoms with Crippen molar-refractivity contribution in [3.63, 3.8) is 0 Å². The molecule has 1 aromatic carbocycles. The zero-order valence-corrected chi connectivity index (χ0v) is 9.00. The van der Waals surface area contributed by atoms with Crippen LogP contribution in [-0.2, 0) is 11.2 Å². The van der Waals surface area contributed by atoms with E-state index in [4.69, 9.17) is 0 Å². The predicted octanol–water partition coefficient (Wildman–Crippen LogP) is 0.846. The molecule has 86 valence electrons. The molecular formula is C12H15FN2O. The standard InChI is InChI=1S/C12H15FN2O/c13-11-4-2-1-3-9(11)7-12(16)15-10-5-6-14-8-10/h1-4,10,14H,5-8H2,(H,15,16). The van der Waals surface area contributed by atoms with E-state index in [0.29, 0.717) is 5.56 Å². The predicted molar refractivity (Wildman–Crippen MR) is 59.5 cm³/mol. The van der Waals surface area contributed by atoms with E-state index in [9.17, 15) is 9.18 Å². The van der Waals surface area contributed by atoms with Crippen LogP contribution >= 0.6 is 0 Å². The number of carbonyl (C=O) groups excluding carboxylic acids is 1. The molecule has 0 aromatic heterocycles. The van der Waals surface area contributed by atoms with E-state index < -0.39 is 0 Å². The first-order chi connectivity index (χ1) is 7.75. The summed E-state index contributed by atoms with van der Waals surface area (Å²) in [7, 11) is 0. The summed E-state index contributed by atoms with van der Waals surface area (Å²) < 4.78 is 13.3. The van der Waals surface area contributed by atoms with Gasteiger partial charge in [0, 0.05) is 12.6 Å². The molecule has 1 aliphatic heterocycles. The monoisotopic (exact) mass is 222 g/mol. The van der Waals surface area contributed by atoms with Crippen LogP contribution in [0.5, 0.6) is 0 Å². The first kappa shape index (κ1) is 11.1. The maximum absolute atomic E-state index is 13.3. The van der Waals surface area contributed by atoms with E-state index in [-0.39, 0.29) is 24.2 Å². The lowest BCUT2D eigenvalue weighted by Gasteiger charge is -2.11. The Kier molecular flexibility index (Phi) is 3.51. The van der Waals surface area contributed by atoms with Gasteiger partial charge in [-0.3, -0.25) is 4.79 Å². The largest absolute Gasteiger partial charge is 0.352 e. The molecule has 1 aromatic rings. The molecule has 1 aliphatic rings. The van der Waals surface area contributed by atoms with Crippen LogP contribution in [0, 0.1) is 5.82 Å². The van der Waals surface area contributed by atoms with Gasteiger partial charge in [-0.2, -0.15) is 0 Å². The summed E-state index contributed by atoms with van der Waals surface area (Å²) in [5.41, 5.74) is 0.450. The first-order valence-electron chi connectivity index (χ1n) is 5.49. The van der Waals surface area contributed by atoms with Gasteiger partial charge in [-0.15, -0.1) is 0 Å². The van der Waals surface area contributed by atoms with Crippen molar-refractivity contribution >= 4 is 5.91 Å². The molecule has 16 heavy (non-hydrogen) atoms. The van der Waals surface area contributed by atoms with Crippen molar-refractivity contribution in [2.75, 3.05) is 13.1 Å². The molecule has 1 saturated heterocycles. The SMILES string of the molecule is O=C(Cc1ccccc1F)NC1CCNC1. The van der Waals surface area contributed by atoms with Crippen LogP contribution in [0.25, 0.3) is 0 Å². The second-order valence-corrected chi connectivity index (χ2v) is 4.03. The summed E-state index contributed by atoms with van der Waals surface area (Å²) in [6.07, 6.45) is 1.06. The number of hydrogen-bond donors (Lipinski definition) is 2. The Bertz CT molecular complexity index is 375. The fourth-order valence-corrected chi connectivity index (χ4v) is 1.87. The number of hydrogen-bond acceptors (Lipinski definition) is 2. The van der Waals surface area contributed by atoms with Gasteiger partial charge in [0.05, 0.1) is 6.42 Å². The normalized spacial score (nSPS) is 19.7. The zero-order chi connectivity index (χ0) is 11.4. The van der Waals surface area contributed by atoms with E-state index >= 15 is 0 Å². The van der Waals surface area contributed by atoms with Gasteiger partial charge in [0.1, 0.15) is 5.82 Å². The second-order valence-electron chi connectivity index (χ2n) is 4.03. The minimum absolute atomic E-state index is 0.112. The second kappa shape index (κ2) is 5.07. The van der Waals surface area contributed by atoms with Gasteiger partial charge in [0.15, 0.2) is 0 Å². The van der Waals surface area contributed by atoms with Crippen molar-refractivity contribution in [1.29, 1.82) is 0 Å². The Morgan fingerprint density at radius 3 is 3.00 bits per heavy atom. The van der Waals surface area contributed by atoms with Crippen molar-refractivity contribution in [1.82, 2.24) is 10.6 Å². The third-order valence-corrected chi connectivity index (χ3v) is 2.73. The van der Waals surface area contributed by atoms with Gasteiger partial charge < -0.3 is 10.6 Å². The Morgan fingerprint density at radius 1 is 1.50 bits per heavy atom. The number of benzene rings is 1. The van der Waals surface area contributed by atoms with Crippen molar-refractivity contribution < 1.29 is 9.18 Å². The van der Waals surface area contributed by atoms with Crippen LogP contribution < -0.4 is 10.6 Å². The fourth-order valence-electron chi connectivity index (χ4n) is 1.87. The number of carbonyl (C=O) groups is 1. The highest BCUT2D eigenvalue weighted by Crippen LogP contribution is 2.07. The molecule has 4 heteroatoms. The third kappa shape index (κ3) is 2.79. The summed E-state index contributed by atoms with van der Waals surface area (Å²) >= 11 is 0. The van der Waals surface area contributed by atoms with Gasteiger partial charge in [-0.1, -0.05) is 18.2 Å². The van der Waals surface area contributed by atoms with Crippen LogP contribution in [0.3, 0.4) is 0 Å². The summed E-state index contributed by atoms with van der Waals surface area (Å²) in [5.74, 6) is -0.430. The lowest BCUT2D eigenvalue weighted by Crippen LogP contribution is -2.37. The van der Waals surface area contributed by atoms with E-state index in [1.807, 2.05) is 0 Å². The van der Waals surface area contributed by atoms with Crippen molar-refractivity contribution in [2.45, 2.75) is 18.9 Å². The average Bonchev–Trinajstić information content (AvgIpc) is 2.74. The number of amides is 1. The number of rotatable bonds is 3. The van der Waals surface area contributed by atoms with Crippen LogP contribution in [0.2, 0.25) is 0 Å². The molecule has 2 N–H and O–H groups in total. The minimum atomic E-state index is -0.317. The molecule has 1 fully saturated rings. The molecule has 3 nitrogen and oxygen atoms in total. The third-order valence-electron chi connectivity index (χ3n) is 2.73. The minimum Gasteiger partial charge on any atom is -0.352 e.